The third kappa shape index (κ3) is 3.86. The van der Waals surface area contributed by atoms with Crippen LogP contribution in [-0.4, -0.2) is 39.1 Å². The number of nitrogens with one attached hydrogen (secondary N) is 1. The molecule has 1 aromatic carbocycles. The predicted octanol–water partition coefficient (Wildman–Crippen LogP) is 1.56. The molecule has 144 valence electrons. The van der Waals surface area contributed by atoms with Gasteiger partial charge in [0.05, 0.1) is 16.6 Å². The summed E-state index contributed by atoms with van der Waals surface area (Å²) in [6, 6.07) is 7.79. The van der Waals surface area contributed by atoms with Crippen molar-refractivity contribution in [2.75, 3.05) is 18.9 Å². The van der Waals surface area contributed by atoms with Gasteiger partial charge in [0.25, 0.3) is 0 Å². The van der Waals surface area contributed by atoms with Crippen molar-refractivity contribution in [3.05, 3.63) is 30.1 Å². The lowest BCUT2D eigenvalue weighted by Crippen LogP contribution is -2.49. The minimum absolute atomic E-state index is 0.204. The number of rotatable bonds is 7. The lowest BCUT2D eigenvalue weighted by Gasteiger charge is -2.18. The van der Waals surface area contributed by atoms with Gasteiger partial charge in [0.2, 0.25) is 5.91 Å². The normalized spacial score (nSPS) is 12.0. The molecule has 0 atom stereocenters. The van der Waals surface area contributed by atoms with Gasteiger partial charge in [-0.25, -0.2) is 9.97 Å². The van der Waals surface area contributed by atoms with Crippen LogP contribution >= 0.6 is 0 Å². The molecule has 0 bridgehead atoms. The van der Waals surface area contributed by atoms with Crippen LogP contribution in [0, 0.1) is 0 Å². The molecule has 3 aromatic rings. The quantitative estimate of drug-likeness (QED) is 0.580. The molecule has 0 aliphatic heterocycles. The lowest BCUT2D eigenvalue weighted by molar-refractivity contribution is -0.125. The summed E-state index contributed by atoms with van der Waals surface area (Å²) >= 11 is 0. The van der Waals surface area contributed by atoms with Gasteiger partial charge in [-0.05, 0) is 26.8 Å². The molecule has 8 nitrogen and oxygen atoms in total. The number of aromatic nitrogens is 3. The Kier molecular flexibility index (Phi) is 5.29. The van der Waals surface area contributed by atoms with Gasteiger partial charge in [-0.15, -0.1) is 0 Å². The molecule has 0 fully saturated rings. The number of fused-ring (bicyclic) bond motifs is 3. The molecule has 5 N–H and O–H groups in total. The molecule has 0 radical (unpaired) electrons. The maximum Gasteiger partial charge on any atom is 0.239 e. The van der Waals surface area contributed by atoms with Crippen molar-refractivity contribution in [3.8, 4) is 0 Å². The Morgan fingerprint density at radius 1 is 1.30 bits per heavy atom. The van der Waals surface area contributed by atoms with E-state index in [-0.39, 0.29) is 5.91 Å². The number of para-hydroxylation sites is 1. The Labute approximate surface area is 157 Å². The average Bonchev–Trinajstić information content (AvgIpc) is 2.98. The van der Waals surface area contributed by atoms with Gasteiger partial charge < -0.3 is 26.1 Å². The molecule has 2 aromatic heterocycles. The van der Waals surface area contributed by atoms with Gasteiger partial charge in [0.1, 0.15) is 17.9 Å². The largest absolute Gasteiger partial charge is 0.382 e. The molecule has 0 unspecified atom stereocenters. The minimum Gasteiger partial charge on any atom is -0.382 e. The predicted molar refractivity (Wildman–Crippen MR) is 106 cm³/mol. The number of ether oxygens (including phenoxy) is 1. The van der Waals surface area contributed by atoms with Gasteiger partial charge >= 0.3 is 0 Å². The summed E-state index contributed by atoms with van der Waals surface area (Å²) < 4.78 is 7.61. The van der Waals surface area contributed by atoms with Crippen LogP contribution in [0.2, 0.25) is 0 Å². The van der Waals surface area contributed by atoms with Gasteiger partial charge in [0, 0.05) is 25.1 Å². The first-order valence-electron chi connectivity index (χ1n) is 9.01. The van der Waals surface area contributed by atoms with Crippen molar-refractivity contribution in [3.63, 3.8) is 0 Å². The van der Waals surface area contributed by atoms with E-state index >= 15 is 0 Å². The highest BCUT2D eigenvalue weighted by Gasteiger charge is 2.22. The fourth-order valence-corrected chi connectivity index (χ4v) is 2.96. The summed E-state index contributed by atoms with van der Waals surface area (Å²) in [5.74, 6) is 0.926. The molecule has 0 saturated carbocycles. The smallest absolute Gasteiger partial charge is 0.239 e. The number of carbonyl (C=O) groups is 1. The molecule has 3 rings (SSSR count). The third-order valence-electron chi connectivity index (χ3n) is 4.33. The molecule has 0 aliphatic rings. The van der Waals surface area contributed by atoms with Crippen LogP contribution in [0.3, 0.4) is 0 Å². The summed E-state index contributed by atoms with van der Waals surface area (Å²) in [4.78, 5) is 21.2. The van der Waals surface area contributed by atoms with Crippen molar-refractivity contribution in [1.29, 1.82) is 0 Å². The molecule has 0 saturated heterocycles. The first-order valence-corrected chi connectivity index (χ1v) is 9.01. The Hall–Kier alpha value is -2.71. The van der Waals surface area contributed by atoms with E-state index in [0.717, 1.165) is 22.2 Å². The van der Waals surface area contributed by atoms with E-state index in [9.17, 15) is 4.79 Å². The first kappa shape index (κ1) is 19.1. The number of carbonyl (C=O) groups excluding carboxylic acids is 1. The van der Waals surface area contributed by atoms with E-state index in [4.69, 9.17) is 16.2 Å². The monoisotopic (exact) mass is 370 g/mol. The number of nitrogen functional groups attached to an aromatic ring is 1. The zero-order chi connectivity index (χ0) is 19.6. The van der Waals surface area contributed by atoms with E-state index in [0.29, 0.717) is 37.6 Å². The number of amides is 1. The number of pyridine rings is 1. The summed E-state index contributed by atoms with van der Waals surface area (Å²) in [7, 11) is 0. The lowest BCUT2D eigenvalue weighted by atomic mass is 10.1. The van der Waals surface area contributed by atoms with Crippen LogP contribution in [0.15, 0.2) is 24.3 Å². The molecule has 0 spiro atoms. The van der Waals surface area contributed by atoms with Crippen LogP contribution < -0.4 is 16.8 Å². The number of hydrogen-bond donors (Lipinski definition) is 3. The van der Waals surface area contributed by atoms with Crippen molar-refractivity contribution in [1.82, 2.24) is 19.9 Å². The average molecular weight is 370 g/mol. The highest BCUT2D eigenvalue weighted by molar-refractivity contribution is 6.06. The SMILES string of the molecule is CCOCc1nc2c(N)nc3ccccc3c2n1CCNC(=O)C(C)(C)N. The number of hydrogen-bond acceptors (Lipinski definition) is 6. The van der Waals surface area contributed by atoms with Crippen LogP contribution in [0.4, 0.5) is 5.82 Å². The zero-order valence-corrected chi connectivity index (χ0v) is 16.0. The minimum atomic E-state index is -0.924. The van der Waals surface area contributed by atoms with Crippen LogP contribution in [-0.2, 0) is 22.7 Å². The number of imidazole rings is 1. The summed E-state index contributed by atoms with van der Waals surface area (Å²) in [6.07, 6.45) is 0. The number of anilines is 1. The van der Waals surface area contributed by atoms with Gasteiger partial charge in [-0.1, -0.05) is 18.2 Å². The van der Waals surface area contributed by atoms with Crippen molar-refractivity contribution in [2.45, 2.75) is 39.5 Å². The second kappa shape index (κ2) is 7.50. The Balaban J connectivity index is 2.03. The number of nitrogens with two attached hydrogens (primary N) is 2. The first-order chi connectivity index (χ1) is 12.8. The highest BCUT2D eigenvalue weighted by Crippen LogP contribution is 2.28. The zero-order valence-electron chi connectivity index (χ0n) is 16.0. The second-order valence-corrected chi connectivity index (χ2v) is 7.01. The summed E-state index contributed by atoms with van der Waals surface area (Å²) in [5, 5.41) is 3.83. The molecular weight excluding hydrogens is 344 g/mol. The molecule has 1 amide bonds. The van der Waals surface area contributed by atoms with E-state index in [2.05, 4.69) is 15.3 Å². The fourth-order valence-electron chi connectivity index (χ4n) is 2.96. The topological polar surface area (TPSA) is 121 Å². The van der Waals surface area contributed by atoms with E-state index in [1.807, 2.05) is 35.8 Å². The summed E-state index contributed by atoms with van der Waals surface area (Å²) in [5.41, 5.74) is 13.4. The molecular formula is C19H26N6O2. The second-order valence-electron chi connectivity index (χ2n) is 7.01. The highest BCUT2D eigenvalue weighted by atomic mass is 16.5. The Bertz CT molecular complexity index is 974. The number of nitrogens with zero attached hydrogens (tertiary/aromatic N) is 3. The van der Waals surface area contributed by atoms with Crippen molar-refractivity contribution >= 4 is 33.7 Å². The standard InChI is InChI=1S/C19H26N6O2/c1-4-27-11-14-24-15-16(12-7-5-6-8-13(12)23-17(15)20)25(14)10-9-22-18(26)19(2,3)21/h5-8H,4,9-11,21H2,1-3H3,(H2,20,23)(H,22,26). The van der Waals surface area contributed by atoms with Crippen LogP contribution in [0.25, 0.3) is 21.9 Å². The maximum atomic E-state index is 12.1. The fraction of sp³-hybridized carbons (Fsp3) is 0.421. The molecule has 27 heavy (non-hydrogen) atoms. The molecule has 0 aliphatic carbocycles. The third-order valence-corrected chi connectivity index (χ3v) is 4.33. The van der Waals surface area contributed by atoms with E-state index in [1.165, 1.54) is 0 Å². The van der Waals surface area contributed by atoms with Gasteiger partial charge in [-0.3, -0.25) is 4.79 Å². The van der Waals surface area contributed by atoms with Crippen molar-refractivity contribution < 1.29 is 9.53 Å². The summed E-state index contributed by atoms with van der Waals surface area (Å²) in [6.45, 7) is 7.16. The van der Waals surface area contributed by atoms with Gasteiger partial charge in [-0.2, -0.15) is 0 Å². The van der Waals surface area contributed by atoms with Crippen LogP contribution in [0.5, 0.6) is 0 Å². The Morgan fingerprint density at radius 3 is 2.74 bits per heavy atom. The van der Waals surface area contributed by atoms with Crippen molar-refractivity contribution in [2.24, 2.45) is 5.73 Å². The molecule has 2 heterocycles. The number of benzene rings is 1. The van der Waals surface area contributed by atoms with E-state index in [1.54, 1.807) is 13.8 Å². The van der Waals surface area contributed by atoms with Gasteiger partial charge in [0.15, 0.2) is 5.82 Å². The Morgan fingerprint density at radius 2 is 2.04 bits per heavy atom. The van der Waals surface area contributed by atoms with E-state index < -0.39 is 5.54 Å². The molecule has 8 heteroatoms. The maximum absolute atomic E-state index is 12.1. The van der Waals surface area contributed by atoms with Crippen LogP contribution in [0.1, 0.15) is 26.6 Å².